The Labute approximate surface area is 151 Å². The van der Waals surface area contributed by atoms with Crippen LogP contribution in [-0.2, 0) is 9.59 Å². The van der Waals surface area contributed by atoms with Crippen LogP contribution in [0.1, 0.15) is 50.6 Å². The average Bonchev–Trinajstić information content (AvgIpc) is 2.79. The van der Waals surface area contributed by atoms with Crippen LogP contribution in [-0.4, -0.2) is 34.8 Å². The van der Waals surface area contributed by atoms with E-state index in [9.17, 15) is 14.4 Å². The number of carbonyl (C=O) groups is 3. The van der Waals surface area contributed by atoms with Gasteiger partial charge in [0.25, 0.3) is 5.91 Å². The molecule has 1 aromatic carbocycles. The highest BCUT2D eigenvalue weighted by molar-refractivity contribution is 6.30. The summed E-state index contributed by atoms with van der Waals surface area (Å²) < 4.78 is 0. The Hall–Kier alpha value is -2.08. The van der Waals surface area contributed by atoms with E-state index < -0.39 is 11.6 Å². The van der Waals surface area contributed by atoms with Gasteiger partial charge in [-0.15, -0.1) is 0 Å². The van der Waals surface area contributed by atoms with Crippen molar-refractivity contribution in [1.29, 1.82) is 0 Å². The van der Waals surface area contributed by atoms with Crippen molar-refractivity contribution in [3.63, 3.8) is 0 Å². The van der Waals surface area contributed by atoms with E-state index in [1.165, 1.54) is 0 Å². The number of nitrogens with one attached hydrogen (secondary N) is 2. The van der Waals surface area contributed by atoms with Crippen LogP contribution < -0.4 is 10.6 Å². The lowest BCUT2D eigenvalue weighted by Gasteiger charge is -2.30. The van der Waals surface area contributed by atoms with Crippen LogP contribution in [0.3, 0.4) is 0 Å². The third kappa shape index (κ3) is 3.63. The molecule has 25 heavy (non-hydrogen) atoms. The zero-order valence-electron chi connectivity index (χ0n) is 14.2. The van der Waals surface area contributed by atoms with E-state index in [0.29, 0.717) is 17.9 Å². The normalized spacial score (nSPS) is 20.5. The van der Waals surface area contributed by atoms with E-state index in [2.05, 4.69) is 10.6 Å². The second-order valence-corrected chi connectivity index (χ2v) is 7.24. The first-order valence-corrected chi connectivity index (χ1v) is 8.98. The second kappa shape index (κ2) is 7.04. The van der Waals surface area contributed by atoms with Gasteiger partial charge in [-0.05, 0) is 37.5 Å². The van der Waals surface area contributed by atoms with Crippen molar-refractivity contribution in [1.82, 2.24) is 15.5 Å². The molecule has 1 saturated carbocycles. The van der Waals surface area contributed by atoms with Gasteiger partial charge in [0, 0.05) is 5.02 Å². The molecule has 7 heteroatoms. The molecule has 0 aromatic heterocycles. The molecule has 1 spiro atoms. The smallest absolute Gasteiger partial charge is 0.325 e. The first-order valence-electron chi connectivity index (χ1n) is 8.60. The maximum absolute atomic E-state index is 12.7. The van der Waals surface area contributed by atoms with Crippen LogP contribution in [0.4, 0.5) is 4.79 Å². The second-order valence-electron chi connectivity index (χ2n) is 6.81. The summed E-state index contributed by atoms with van der Waals surface area (Å²) in [6.07, 6.45) is 4.20. The van der Waals surface area contributed by atoms with Crippen LogP contribution in [0.2, 0.25) is 5.02 Å². The van der Waals surface area contributed by atoms with Crippen molar-refractivity contribution < 1.29 is 14.4 Å². The summed E-state index contributed by atoms with van der Waals surface area (Å²) in [6, 6.07) is 6.47. The van der Waals surface area contributed by atoms with Crippen molar-refractivity contribution in [3.05, 3.63) is 34.9 Å². The van der Waals surface area contributed by atoms with Gasteiger partial charge in [-0.1, -0.05) is 43.0 Å². The van der Waals surface area contributed by atoms with Crippen LogP contribution >= 0.6 is 11.6 Å². The summed E-state index contributed by atoms with van der Waals surface area (Å²) in [5.74, 6) is -0.647. The number of halogens is 1. The number of carbonyl (C=O) groups excluding carboxylic acids is 3. The average molecular weight is 364 g/mol. The first-order chi connectivity index (χ1) is 11.9. The highest BCUT2D eigenvalue weighted by Crippen LogP contribution is 2.33. The predicted molar refractivity (Wildman–Crippen MR) is 94.1 cm³/mol. The van der Waals surface area contributed by atoms with Gasteiger partial charge in [-0.2, -0.15) is 0 Å². The minimum absolute atomic E-state index is 0.267. The molecular formula is C18H22ClN3O3. The standard InChI is InChI=1S/C18H22ClN3O3/c1-12(13-6-5-7-14(19)10-13)20-15(23)11-22-16(24)18(21-17(22)25)8-3-2-4-9-18/h5-7,10,12H,2-4,8-9,11H2,1H3,(H,20,23)(H,21,25)/t12-/m1/s1. The van der Waals surface area contributed by atoms with Crippen molar-refractivity contribution in [2.75, 3.05) is 6.54 Å². The summed E-state index contributed by atoms with van der Waals surface area (Å²) in [4.78, 5) is 38.2. The number of benzene rings is 1. The molecule has 3 rings (SSSR count). The molecular weight excluding hydrogens is 342 g/mol. The fourth-order valence-electron chi connectivity index (χ4n) is 3.60. The van der Waals surface area contributed by atoms with E-state index >= 15 is 0 Å². The van der Waals surface area contributed by atoms with Gasteiger partial charge in [0.05, 0.1) is 6.04 Å². The topological polar surface area (TPSA) is 78.5 Å². The first kappa shape index (κ1) is 17.7. The zero-order chi connectivity index (χ0) is 18.0. The molecule has 6 nitrogen and oxygen atoms in total. The molecule has 0 bridgehead atoms. The summed E-state index contributed by atoms with van der Waals surface area (Å²) in [7, 11) is 0. The number of urea groups is 1. The number of rotatable bonds is 4. The van der Waals surface area contributed by atoms with Crippen molar-refractivity contribution >= 4 is 29.4 Å². The van der Waals surface area contributed by atoms with Gasteiger partial charge in [-0.25, -0.2) is 4.79 Å². The lowest BCUT2D eigenvalue weighted by Crippen LogP contribution is -2.49. The molecule has 134 valence electrons. The summed E-state index contributed by atoms with van der Waals surface area (Å²) in [6.45, 7) is 1.56. The summed E-state index contributed by atoms with van der Waals surface area (Å²) in [5.41, 5.74) is 0.0653. The number of nitrogens with zero attached hydrogens (tertiary/aromatic N) is 1. The minimum atomic E-state index is -0.797. The maximum Gasteiger partial charge on any atom is 0.325 e. The molecule has 1 heterocycles. The van der Waals surface area contributed by atoms with Gasteiger partial charge >= 0.3 is 6.03 Å². The van der Waals surface area contributed by atoms with Gasteiger partial charge < -0.3 is 10.6 Å². The molecule has 1 aliphatic carbocycles. The Bertz CT molecular complexity index is 701. The lowest BCUT2D eigenvalue weighted by molar-refractivity contribution is -0.136. The van der Waals surface area contributed by atoms with Gasteiger partial charge in [0.2, 0.25) is 5.91 Å². The SMILES string of the molecule is C[C@@H](NC(=O)CN1C(=O)NC2(CCCCC2)C1=O)c1cccc(Cl)c1. The molecule has 2 aliphatic rings. The lowest BCUT2D eigenvalue weighted by atomic mass is 9.82. The monoisotopic (exact) mass is 363 g/mol. The Balaban J connectivity index is 1.62. The highest BCUT2D eigenvalue weighted by atomic mass is 35.5. The molecule has 2 N–H and O–H groups in total. The predicted octanol–water partition coefficient (Wildman–Crippen LogP) is 2.77. The Morgan fingerprint density at radius 2 is 2.04 bits per heavy atom. The van der Waals surface area contributed by atoms with Gasteiger partial charge in [0.1, 0.15) is 12.1 Å². The largest absolute Gasteiger partial charge is 0.348 e. The number of amides is 4. The minimum Gasteiger partial charge on any atom is -0.348 e. The maximum atomic E-state index is 12.7. The number of hydrogen-bond acceptors (Lipinski definition) is 3. The Morgan fingerprint density at radius 1 is 1.32 bits per heavy atom. The molecule has 2 fully saturated rings. The van der Waals surface area contributed by atoms with Crippen molar-refractivity contribution in [2.45, 2.75) is 50.6 Å². The van der Waals surface area contributed by atoms with Crippen LogP contribution in [0.25, 0.3) is 0 Å². The quantitative estimate of drug-likeness (QED) is 0.807. The summed E-state index contributed by atoms with van der Waals surface area (Å²) in [5, 5.41) is 6.21. The molecule has 0 unspecified atom stereocenters. The van der Waals surface area contributed by atoms with E-state index in [0.717, 1.165) is 29.7 Å². The Kier molecular flexibility index (Phi) is 4.99. The van der Waals surface area contributed by atoms with E-state index in [4.69, 9.17) is 11.6 Å². The van der Waals surface area contributed by atoms with Crippen LogP contribution in [0.15, 0.2) is 24.3 Å². The Morgan fingerprint density at radius 3 is 2.72 bits per heavy atom. The molecule has 1 saturated heterocycles. The highest BCUT2D eigenvalue weighted by Gasteiger charge is 2.51. The molecule has 1 aliphatic heterocycles. The van der Waals surface area contributed by atoms with E-state index in [-0.39, 0.29) is 24.4 Å². The van der Waals surface area contributed by atoms with Crippen LogP contribution in [0, 0.1) is 0 Å². The van der Waals surface area contributed by atoms with Gasteiger partial charge in [-0.3, -0.25) is 14.5 Å². The van der Waals surface area contributed by atoms with Gasteiger partial charge in [0.15, 0.2) is 0 Å². The van der Waals surface area contributed by atoms with E-state index in [1.54, 1.807) is 12.1 Å². The zero-order valence-corrected chi connectivity index (χ0v) is 14.9. The van der Waals surface area contributed by atoms with Crippen molar-refractivity contribution in [3.8, 4) is 0 Å². The molecule has 1 aromatic rings. The number of hydrogen-bond donors (Lipinski definition) is 2. The van der Waals surface area contributed by atoms with Crippen LogP contribution in [0.5, 0.6) is 0 Å². The van der Waals surface area contributed by atoms with Crippen molar-refractivity contribution in [2.24, 2.45) is 0 Å². The third-order valence-corrected chi connectivity index (χ3v) is 5.22. The molecule has 0 radical (unpaired) electrons. The number of imide groups is 1. The van der Waals surface area contributed by atoms with E-state index in [1.807, 2.05) is 19.1 Å². The molecule has 1 atom stereocenters. The summed E-state index contributed by atoms with van der Waals surface area (Å²) >= 11 is 5.97. The fraction of sp³-hybridized carbons (Fsp3) is 0.500. The fourth-order valence-corrected chi connectivity index (χ4v) is 3.80. The third-order valence-electron chi connectivity index (χ3n) is 4.98. The molecule has 4 amide bonds.